The van der Waals surface area contributed by atoms with Gasteiger partial charge in [0.25, 0.3) is 0 Å². The molecule has 9 aromatic rings. The molecule has 254 valence electrons. The Hall–Kier alpha value is -5.68. The lowest BCUT2D eigenvalue weighted by Crippen LogP contribution is -2.42. The minimum Gasteiger partial charge on any atom is -0.334 e. The summed E-state index contributed by atoms with van der Waals surface area (Å²) in [7, 11) is 0. The summed E-state index contributed by atoms with van der Waals surface area (Å²) in [5.74, 6) is 0.626. The normalized spacial score (nSPS) is 18.4. The molecule has 3 atom stereocenters. The molecule has 0 spiro atoms. The van der Waals surface area contributed by atoms with Gasteiger partial charge in [-0.3, -0.25) is 0 Å². The molecule has 0 aliphatic heterocycles. The van der Waals surface area contributed by atoms with E-state index in [-0.39, 0.29) is 6.04 Å². The van der Waals surface area contributed by atoms with Gasteiger partial charge in [0.2, 0.25) is 0 Å². The number of fused-ring (bicyclic) bond motifs is 9. The maximum Gasteiger partial charge on any atom is 0.0599 e. The second-order valence-corrected chi connectivity index (χ2v) is 16.7. The van der Waals surface area contributed by atoms with E-state index >= 15 is 0 Å². The zero-order valence-corrected chi connectivity index (χ0v) is 30.9. The summed E-state index contributed by atoms with van der Waals surface area (Å²) in [6.07, 6.45) is 13.3. The summed E-state index contributed by atoms with van der Waals surface area (Å²) in [5, 5.41) is 8.03. The van der Waals surface area contributed by atoms with Crippen LogP contribution in [0.3, 0.4) is 0 Å². The molecule has 2 aliphatic carbocycles. The van der Waals surface area contributed by atoms with Crippen molar-refractivity contribution in [1.82, 2.24) is 4.57 Å². The molecule has 11 rings (SSSR count). The molecule has 0 saturated heterocycles. The number of allylic oxidation sites excluding steroid dienone is 3. The molecule has 53 heavy (non-hydrogen) atoms. The SMILES string of the molecule is CC1C=c2c(sc3ccccc23)=CC1N(C1=CCC(c2cccc(-n3c4ccccc4c4ccccc43)c2)C=C1)c1ccc2c(c1)sc1ccccc12. The number of benzene rings is 6. The Balaban J connectivity index is 0.992. The lowest BCUT2D eigenvalue weighted by molar-refractivity contribution is 0.645. The van der Waals surface area contributed by atoms with Crippen LogP contribution in [0, 0.1) is 5.92 Å². The minimum absolute atomic E-state index is 0.188. The summed E-state index contributed by atoms with van der Waals surface area (Å²) in [4.78, 5) is 2.61. The third-order valence-electron chi connectivity index (χ3n) is 11.4. The Morgan fingerprint density at radius 2 is 1.28 bits per heavy atom. The van der Waals surface area contributed by atoms with Gasteiger partial charge in [-0.1, -0.05) is 116 Å². The zero-order chi connectivity index (χ0) is 35.0. The molecule has 0 fully saturated rings. The predicted octanol–water partition coefficient (Wildman–Crippen LogP) is 12.1. The van der Waals surface area contributed by atoms with Crippen LogP contribution in [0.5, 0.6) is 0 Å². The van der Waals surface area contributed by atoms with E-state index in [1.54, 1.807) is 0 Å². The topological polar surface area (TPSA) is 8.17 Å². The smallest absolute Gasteiger partial charge is 0.0599 e. The molecular weight excluding hydrogens is 681 g/mol. The second-order valence-electron chi connectivity index (χ2n) is 14.5. The fraction of sp³-hybridized carbons (Fsp3) is 0.102. The number of aromatic nitrogens is 1. The van der Waals surface area contributed by atoms with Crippen molar-refractivity contribution < 1.29 is 0 Å². The number of para-hydroxylation sites is 2. The number of thiophene rings is 2. The average molecular weight is 717 g/mol. The van der Waals surface area contributed by atoms with Crippen LogP contribution in [-0.2, 0) is 0 Å². The van der Waals surface area contributed by atoms with E-state index in [1.165, 1.54) is 84.5 Å². The van der Waals surface area contributed by atoms with Gasteiger partial charge in [0, 0.05) is 63.2 Å². The number of anilines is 1. The maximum atomic E-state index is 2.61. The van der Waals surface area contributed by atoms with Crippen molar-refractivity contribution in [1.29, 1.82) is 0 Å². The molecule has 0 radical (unpaired) electrons. The van der Waals surface area contributed by atoms with E-state index in [9.17, 15) is 0 Å². The van der Waals surface area contributed by atoms with Crippen LogP contribution >= 0.6 is 22.7 Å². The van der Waals surface area contributed by atoms with Gasteiger partial charge in [0.1, 0.15) is 0 Å². The maximum absolute atomic E-state index is 2.61. The minimum atomic E-state index is 0.188. The molecule has 3 heterocycles. The Labute approximate surface area is 316 Å². The molecule has 2 aliphatic rings. The van der Waals surface area contributed by atoms with Crippen LogP contribution in [0.25, 0.3) is 69.9 Å². The largest absolute Gasteiger partial charge is 0.334 e. The van der Waals surface area contributed by atoms with Gasteiger partial charge >= 0.3 is 0 Å². The van der Waals surface area contributed by atoms with Gasteiger partial charge in [-0.2, -0.15) is 0 Å². The van der Waals surface area contributed by atoms with Crippen LogP contribution in [-0.4, -0.2) is 10.6 Å². The van der Waals surface area contributed by atoms with Crippen molar-refractivity contribution >= 4 is 92.6 Å². The first-order chi connectivity index (χ1) is 26.2. The molecular formula is C49H36N2S2. The summed E-state index contributed by atoms with van der Waals surface area (Å²) >= 11 is 3.81. The van der Waals surface area contributed by atoms with Gasteiger partial charge in [-0.05, 0) is 89.2 Å². The first-order valence-electron chi connectivity index (χ1n) is 18.6. The summed E-state index contributed by atoms with van der Waals surface area (Å²) in [5.41, 5.74) is 7.56. The molecule has 3 unspecified atom stereocenters. The van der Waals surface area contributed by atoms with Crippen molar-refractivity contribution in [2.75, 3.05) is 4.90 Å². The summed E-state index contributed by atoms with van der Waals surface area (Å²) in [6, 6.07) is 51.7. The fourth-order valence-electron chi connectivity index (χ4n) is 8.85. The standard InChI is InChI=1S/C49H36N2S2/c1-31-27-42-40-16-5-9-20-47(40)53-49(42)30-45(31)50(36-25-26-41-39-15-4-8-19-46(39)52-48(41)29-36)34-23-21-32(22-24-34)33-11-10-12-35(28-33)51-43-17-6-2-13-37(43)38-14-3-7-18-44(38)51/h2-21,23-32,45H,22H2,1H3. The number of rotatable bonds is 5. The van der Waals surface area contributed by atoms with Gasteiger partial charge in [0.15, 0.2) is 0 Å². The number of nitrogens with zero attached hydrogens (tertiary/aromatic N) is 2. The molecule has 3 aromatic heterocycles. The molecule has 0 saturated carbocycles. The van der Waals surface area contributed by atoms with E-state index < -0.39 is 0 Å². The van der Waals surface area contributed by atoms with E-state index in [0.29, 0.717) is 11.8 Å². The molecule has 4 heteroatoms. The second kappa shape index (κ2) is 12.2. The van der Waals surface area contributed by atoms with Crippen molar-refractivity contribution in [3.8, 4) is 5.69 Å². The van der Waals surface area contributed by atoms with Crippen LogP contribution in [0.15, 0.2) is 163 Å². The molecule has 0 bridgehead atoms. The highest BCUT2D eigenvalue weighted by Crippen LogP contribution is 2.40. The van der Waals surface area contributed by atoms with Crippen molar-refractivity contribution in [2.24, 2.45) is 5.92 Å². The zero-order valence-electron chi connectivity index (χ0n) is 29.3. The monoisotopic (exact) mass is 716 g/mol. The van der Waals surface area contributed by atoms with Crippen LogP contribution in [0.2, 0.25) is 0 Å². The Kier molecular flexibility index (Phi) is 7.11. The first kappa shape index (κ1) is 30.9. The Bertz CT molecular complexity index is 3040. The van der Waals surface area contributed by atoms with Gasteiger partial charge in [-0.25, -0.2) is 0 Å². The summed E-state index contributed by atoms with van der Waals surface area (Å²) < 4.78 is 7.84. The van der Waals surface area contributed by atoms with Gasteiger partial charge < -0.3 is 9.47 Å². The first-order valence-corrected chi connectivity index (χ1v) is 20.2. The predicted molar refractivity (Wildman–Crippen MR) is 230 cm³/mol. The highest BCUT2D eigenvalue weighted by atomic mass is 32.1. The molecule has 0 N–H and O–H groups in total. The third-order valence-corrected chi connectivity index (χ3v) is 13.7. The number of hydrogen-bond donors (Lipinski definition) is 0. The quantitative estimate of drug-likeness (QED) is 0.172. The lowest BCUT2D eigenvalue weighted by atomic mass is 9.89. The highest BCUT2D eigenvalue weighted by Gasteiger charge is 2.28. The Morgan fingerprint density at radius 1 is 0.604 bits per heavy atom. The fourth-order valence-corrected chi connectivity index (χ4v) is 11.2. The third kappa shape index (κ3) is 4.97. The average Bonchev–Trinajstić information content (AvgIpc) is 3.87. The van der Waals surface area contributed by atoms with E-state index in [2.05, 4.69) is 186 Å². The van der Waals surface area contributed by atoms with Crippen molar-refractivity contribution in [3.05, 3.63) is 179 Å². The molecule has 2 nitrogen and oxygen atoms in total. The lowest BCUT2D eigenvalue weighted by Gasteiger charge is -2.38. The van der Waals surface area contributed by atoms with Gasteiger partial charge in [-0.15, -0.1) is 22.7 Å². The highest BCUT2D eigenvalue weighted by molar-refractivity contribution is 7.25. The van der Waals surface area contributed by atoms with Crippen LogP contribution < -0.4 is 14.7 Å². The van der Waals surface area contributed by atoms with Crippen LogP contribution in [0.1, 0.15) is 24.8 Å². The molecule has 6 aromatic carbocycles. The summed E-state index contributed by atoms with van der Waals surface area (Å²) in [6.45, 7) is 2.39. The van der Waals surface area contributed by atoms with Crippen molar-refractivity contribution in [2.45, 2.75) is 25.3 Å². The van der Waals surface area contributed by atoms with Gasteiger partial charge in [0.05, 0.1) is 17.1 Å². The number of hydrogen-bond acceptors (Lipinski definition) is 3. The van der Waals surface area contributed by atoms with Crippen LogP contribution in [0.4, 0.5) is 5.69 Å². The molecule has 0 amide bonds. The van der Waals surface area contributed by atoms with Crippen molar-refractivity contribution in [3.63, 3.8) is 0 Å². The van der Waals surface area contributed by atoms with E-state index in [0.717, 1.165) is 6.42 Å². The van der Waals surface area contributed by atoms with E-state index in [4.69, 9.17) is 0 Å². The Morgan fingerprint density at radius 3 is 2.04 bits per heavy atom. The van der Waals surface area contributed by atoms with E-state index in [1.807, 2.05) is 22.7 Å².